The van der Waals surface area contributed by atoms with Crippen LogP contribution in [0.3, 0.4) is 0 Å². The molecule has 0 radical (unpaired) electrons. The molecule has 0 atom stereocenters. The number of hydrogen-bond donors (Lipinski definition) is 2. The second kappa shape index (κ2) is 8.61. The molecular weight excluding hydrogens is 156 g/mol. The fraction of sp³-hybridized carbons (Fsp3) is 0.167. The van der Waals surface area contributed by atoms with Crippen molar-refractivity contribution in [1.82, 2.24) is 4.98 Å². The van der Waals surface area contributed by atoms with Crippen molar-refractivity contribution < 1.29 is 19.0 Å². The van der Waals surface area contributed by atoms with E-state index in [9.17, 15) is 4.39 Å². The normalized spacial score (nSPS) is 7.00. The highest BCUT2D eigenvalue weighted by atomic mass is 19.1. The second-order valence-electron chi connectivity index (χ2n) is 1.41. The lowest BCUT2D eigenvalue weighted by atomic mass is 10.7. The summed E-state index contributed by atoms with van der Waals surface area (Å²) in [5, 5.41) is 7.35. The summed E-state index contributed by atoms with van der Waals surface area (Å²) in [7, 11) is 0. The van der Waals surface area contributed by atoms with Crippen molar-refractivity contribution in [3.05, 3.63) is 24.5 Å². The van der Waals surface area contributed by atoms with Crippen LogP contribution in [0.2, 0.25) is 0 Å². The molecule has 2 N–H and O–H groups in total. The third-order valence-electron chi connectivity index (χ3n) is 0.610. The number of aromatic amines is 1. The van der Waals surface area contributed by atoms with Crippen LogP contribution in [0.1, 0.15) is 0 Å². The number of hydrogen-bond acceptors (Lipinski definition) is 1. The zero-order valence-corrected chi connectivity index (χ0v) is 5.66. The average molecular weight is 165 g/mol. The number of carbonyl (C=O) groups is 1. The Morgan fingerprint density at radius 3 is 1.91 bits per heavy atom. The van der Waals surface area contributed by atoms with Crippen molar-refractivity contribution in [2.45, 2.75) is 0 Å². The summed E-state index contributed by atoms with van der Waals surface area (Å²) in [6.07, 6.45) is 3.75. The summed E-state index contributed by atoms with van der Waals surface area (Å²) in [4.78, 5) is 11.9. The number of alkyl halides is 1. The Labute approximate surface area is 62.2 Å². The lowest BCUT2D eigenvalue weighted by Crippen LogP contribution is -1.93. The molecule has 1 rings (SSSR count). The Morgan fingerprint density at radius 1 is 1.45 bits per heavy atom. The molecule has 5 heteroatoms. The molecule has 0 amide bonds. The highest BCUT2D eigenvalue weighted by Crippen LogP contribution is 1.72. The number of aliphatic carboxylic acids is 1. The lowest BCUT2D eigenvalue weighted by molar-refractivity contribution is -0.137. The van der Waals surface area contributed by atoms with Crippen molar-refractivity contribution in [3.63, 3.8) is 0 Å². The maximum Gasteiger partial charge on any atom is 0.335 e. The van der Waals surface area contributed by atoms with Crippen LogP contribution >= 0.6 is 0 Å². The van der Waals surface area contributed by atoms with E-state index in [1.54, 1.807) is 0 Å². The Kier molecular flexibility index (Phi) is 9.63. The van der Waals surface area contributed by atoms with Gasteiger partial charge in [0, 0.05) is 12.4 Å². The van der Waals surface area contributed by atoms with Gasteiger partial charge in [-0.15, -0.1) is 0 Å². The molecule has 0 unspecified atom stereocenters. The Hall–Kier alpha value is -1.39. The maximum absolute atomic E-state index is 10.5. The van der Waals surface area contributed by atoms with E-state index in [0.717, 1.165) is 0 Å². The van der Waals surface area contributed by atoms with Gasteiger partial charge >= 0.3 is 5.97 Å². The van der Waals surface area contributed by atoms with Gasteiger partial charge in [0.25, 0.3) is 0 Å². The molecule has 0 spiro atoms. The van der Waals surface area contributed by atoms with E-state index >= 15 is 0 Å². The summed E-state index contributed by atoms with van der Waals surface area (Å²) in [5.74, 6) is -1.41. The van der Waals surface area contributed by atoms with Gasteiger partial charge in [-0.25, -0.2) is 9.18 Å². The van der Waals surface area contributed by atoms with Crippen molar-refractivity contribution in [1.29, 1.82) is 0 Å². The molecule has 0 saturated carbocycles. The molecule has 1 aromatic heterocycles. The van der Waals surface area contributed by atoms with E-state index in [2.05, 4.69) is 4.98 Å². The third kappa shape index (κ3) is 12.0. The molecule has 0 fully saturated rings. The molecule has 1 heterocycles. The van der Waals surface area contributed by atoms with Crippen molar-refractivity contribution >= 4 is 5.97 Å². The topological polar surface area (TPSA) is 53.1 Å². The summed E-state index contributed by atoms with van der Waals surface area (Å²) >= 11 is 0. The number of aromatic nitrogens is 1. The smallest absolute Gasteiger partial charge is 0.335 e. The van der Waals surface area contributed by atoms with Crippen LogP contribution in [-0.2, 0) is 4.79 Å². The van der Waals surface area contributed by atoms with Crippen LogP contribution in [0.4, 0.5) is 9.09 Å². The molecule has 0 aliphatic heterocycles. The van der Waals surface area contributed by atoms with Gasteiger partial charge in [0.2, 0.25) is 0 Å². The lowest BCUT2D eigenvalue weighted by Gasteiger charge is -1.69. The molecular formula is C6H9F2NO2. The number of rotatable bonds is 1. The Bertz CT molecular complexity index is 148. The van der Waals surface area contributed by atoms with Crippen LogP contribution in [0.5, 0.6) is 0 Å². The standard InChI is InChI=1S/C4H5N.C2H3FO2.FH/c1-2-4-5-3-1;3-1-2(4)5;/h1-5H;1H2,(H,4,5);1H. The predicted molar refractivity (Wildman–Crippen MR) is 36.9 cm³/mol. The molecule has 1 aromatic rings. The summed E-state index contributed by atoms with van der Waals surface area (Å²) in [6.45, 7) is -1.28. The third-order valence-corrected chi connectivity index (χ3v) is 0.610. The summed E-state index contributed by atoms with van der Waals surface area (Å²) in [5.41, 5.74) is 0. The number of nitrogens with one attached hydrogen (secondary N) is 1. The number of halogens is 2. The maximum atomic E-state index is 10.5. The van der Waals surface area contributed by atoms with Crippen LogP contribution < -0.4 is 0 Å². The van der Waals surface area contributed by atoms with E-state index in [-0.39, 0.29) is 4.70 Å². The molecule has 0 bridgehead atoms. The van der Waals surface area contributed by atoms with Crippen molar-refractivity contribution in [2.75, 3.05) is 6.67 Å². The fourth-order valence-electron chi connectivity index (χ4n) is 0.278. The van der Waals surface area contributed by atoms with Crippen LogP contribution in [0, 0.1) is 0 Å². The van der Waals surface area contributed by atoms with E-state index in [1.165, 1.54) is 0 Å². The average Bonchev–Trinajstić information content (AvgIpc) is 2.43. The minimum Gasteiger partial charge on any atom is -0.479 e. The summed E-state index contributed by atoms with van der Waals surface area (Å²) < 4.78 is 10.5. The first kappa shape index (κ1) is 12.3. The van der Waals surface area contributed by atoms with E-state index in [4.69, 9.17) is 9.90 Å². The Morgan fingerprint density at radius 2 is 1.82 bits per heavy atom. The molecule has 0 aliphatic carbocycles. The van der Waals surface area contributed by atoms with Crippen LogP contribution in [0.15, 0.2) is 24.5 Å². The SMILES string of the molecule is F.O=C(O)CF.c1cc[nH]c1. The molecule has 0 aromatic carbocycles. The molecule has 0 saturated heterocycles. The van der Waals surface area contributed by atoms with Crippen LogP contribution in [0.25, 0.3) is 0 Å². The van der Waals surface area contributed by atoms with Crippen molar-refractivity contribution in [2.24, 2.45) is 0 Å². The fourth-order valence-corrected chi connectivity index (χ4v) is 0.278. The second-order valence-corrected chi connectivity index (χ2v) is 1.41. The predicted octanol–water partition coefficient (Wildman–Crippen LogP) is 1.21. The van der Waals surface area contributed by atoms with Gasteiger partial charge in [0.15, 0.2) is 6.67 Å². The molecule has 11 heavy (non-hydrogen) atoms. The largest absolute Gasteiger partial charge is 0.479 e. The molecule has 0 aliphatic rings. The Balaban J connectivity index is 0. The molecule has 3 nitrogen and oxygen atoms in total. The zero-order chi connectivity index (χ0) is 7.82. The summed E-state index contributed by atoms with van der Waals surface area (Å²) in [6, 6.07) is 3.89. The highest BCUT2D eigenvalue weighted by Gasteiger charge is 1.85. The quantitative estimate of drug-likeness (QED) is 0.657. The molecule has 64 valence electrons. The van der Waals surface area contributed by atoms with Gasteiger partial charge in [0.1, 0.15) is 0 Å². The van der Waals surface area contributed by atoms with E-state index < -0.39 is 12.6 Å². The monoisotopic (exact) mass is 165 g/mol. The van der Waals surface area contributed by atoms with Crippen molar-refractivity contribution in [3.8, 4) is 0 Å². The number of carboxylic acids is 1. The first-order valence-electron chi connectivity index (χ1n) is 2.63. The highest BCUT2D eigenvalue weighted by molar-refractivity contribution is 5.67. The minimum absolute atomic E-state index is 0. The minimum atomic E-state index is -1.41. The van der Waals surface area contributed by atoms with Gasteiger partial charge in [-0.2, -0.15) is 0 Å². The first-order chi connectivity index (χ1) is 4.77. The van der Waals surface area contributed by atoms with E-state index in [0.29, 0.717) is 0 Å². The number of carboxylic acid groups (broad SMARTS) is 1. The van der Waals surface area contributed by atoms with Gasteiger partial charge < -0.3 is 10.1 Å². The van der Waals surface area contributed by atoms with E-state index in [1.807, 2.05) is 24.5 Å². The van der Waals surface area contributed by atoms with Gasteiger partial charge in [-0.1, -0.05) is 0 Å². The number of H-pyrrole nitrogens is 1. The first-order valence-corrected chi connectivity index (χ1v) is 2.63. The zero-order valence-electron chi connectivity index (χ0n) is 5.66. The van der Waals surface area contributed by atoms with Gasteiger partial charge in [-0.3, -0.25) is 4.70 Å². The van der Waals surface area contributed by atoms with Crippen LogP contribution in [-0.4, -0.2) is 22.7 Å². The van der Waals surface area contributed by atoms with Gasteiger partial charge in [-0.05, 0) is 12.1 Å². The van der Waals surface area contributed by atoms with Gasteiger partial charge in [0.05, 0.1) is 0 Å².